The zero-order valence-electron chi connectivity index (χ0n) is 16.9. The van der Waals surface area contributed by atoms with Crippen molar-refractivity contribution in [3.8, 4) is 5.75 Å². The number of nitrogens with one attached hydrogen (secondary N) is 1. The summed E-state index contributed by atoms with van der Waals surface area (Å²) in [4.78, 5) is 32.9. The number of anilines is 2. The molecule has 1 aliphatic heterocycles. The van der Waals surface area contributed by atoms with E-state index in [0.717, 1.165) is 10.6 Å². The van der Waals surface area contributed by atoms with Crippen LogP contribution in [-0.2, 0) is 0 Å². The molecule has 1 N–H and O–H groups in total. The van der Waals surface area contributed by atoms with Crippen molar-refractivity contribution in [1.82, 2.24) is 4.98 Å². The number of benzene rings is 2. The lowest BCUT2D eigenvalue weighted by Gasteiger charge is -2.27. The largest absolute Gasteiger partial charge is 0.497 e. The minimum Gasteiger partial charge on any atom is -0.497 e. The summed E-state index contributed by atoms with van der Waals surface area (Å²) < 4.78 is 5.21. The van der Waals surface area contributed by atoms with Crippen LogP contribution in [0.25, 0.3) is 0 Å². The third-order valence-corrected chi connectivity index (χ3v) is 5.82. The van der Waals surface area contributed by atoms with Gasteiger partial charge in [0, 0.05) is 34.5 Å². The molecule has 0 bridgehead atoms. The highest BCUT2D eigenvalue weighted by molar-refractivity contribution is 7.99. The maximum atomic E-state index is 13.1. The number of rotatable bonds is 4. The first kappa shape index (κ1) is 20.0. The van der Waals surface area contributed by atoms with Crippen LogP contribution in [0.3, 0.4) is 0 Å². The van der Waals surface area contributed by atoms with Crippen LogP contribution in [0, 0.1) is 0 Å². The molecule has 0 aliphatic carbocycles. The highest BCUT2D eigenvalue weighted by atomic mass is 32.2. The molecule has 2 heterocycles. The van der Waals surface area contributed by atoms with Crippen LogP contribution < -0.4 is 15.0 Å². The van der Waals surface area contributed by atoms with Gasteiger partial charge in [0.15, 0.2) is 0 Å². The molecule has 6 nitrogen and oxygen atoms in total. The van der Waals surface area contributed by atoms with E-state index in [2.05, 4.69) is 10.3 Å². The fraction of sp³-hybridized carbons (Fsp3) is 0.174. The van der Waals surface area contributed by atoms with Crippen LogP contribution in [-0.4, -0.2) is 29.9 Å². The molecule has 0 unspecified atom stereocenters. The predicted octanol–water partition coefficient (Wildman–Crippen LogP) is 4.86. The number of hydrogen-bond donors (Lipinski definition) is 1. The number of pyridine rings is 1. The van der Waals surface area contributed by atoms with Crippen LogP contribution in [0.2, 0.25) is 0 Å². The summed E-state index contributed by atoms with van der Waals surface area (Å²) in [6.07, 6.45) is 1.67. The SMILES string of the molecule is COc1cccc(NC(=O)c2ccc3c(c2)Sc2ncccc2C(=O)N3C(C)C)c1. The summed E-state index contributed by atoms with van der Waals surface area (Å²) in [5.41, 5.74) is 2.48. The van der Waals surface area contributed by atoms with Crippen molar-refractivity contribution in [2.75, 3.05) is 17.3 Å². The summed E-state index contributed by atoms with van der Waals surface area (Å²) >= 11 is 1.40. The van der Waals surface area contributed by atoms with Crippen molar-refractivity contribution in [1.29, 1.82) is 0 Å². The molecule has 0 fully saturated rings. The molecule has 30 heavy (non-hydrogen) atoms. The normalized spacial score (nSPS) is 12.8. The molecule has 1 aromatic heterocycles. The molecule has 2 amide bonds. The fourth-order valence-electron chi connectivity index (χ4n) is 3.33. The first-order chi connectivity index (χ1) is 14.5. The summed E-state index contributed by atoms with van der Waals surface area (Å²) in [5, 5.41) is 3.53. The average Bonchev–Trinajstić information content (AvgIpc) is 2.87. The van der Waals surface area contributed by atoms with Crippen LogP contribution in [0.1, 0.15) is 34.6 Å². The van der Waals surface area contributed by atoms with Crippen molar-refractivity contribution in [3.05, 3.63) is 71.9 Å². The lowest BCUT2D eigenvalue weighted by Crippen LogP contribution is -2.37. The van der Waals surface area contributed by atoms with E-state index in [-0.39, 0.29) is 17.9 Å². The van der Waals surface area contributed by atoms with Gasteiger partial charge in [0.1, 0.15) is 10.8 Å². The molecule has 1 aliphatic rings. The molecule has 0 saturated carbocycles. The first-order valence-electron chi connectivity index (χ1n) is 9.54. The van der Waals surface area contributed by atoms with E-state index in [0.29, 0.717) is 27.6 Å². The summed E-state index contributed by atoms with van der Waals surface area (Å²) in [6, 6.07) is 16.1. The monoisotopic (exact) mass is 419 g/mol. The molecule has 0 spiro atoms. The van der Waals surface area contributed by atoms with Gasteiger partial charge in [0.05, 0.1) is 18.4 Å². The van der Waals surface area contributed by atoms with Gasteiger partial charge in [-0.1, -0.05) is 17.8 Å². The standard InChI is InChI=1S/C23H21N3O3S/c1-14(2)26-19-10-9-15(21(27)25-16-6-4-7-17(13-16)29-3)12-20(19)30-22-18(23(26)28)8-5-11-24-22/h4-14H,1-3H3,(H,25,27). The van der Waals surface area contributed by atoms with Gasteiger partial charge < -0.3 is 15.0 Å². The fourth-order valence-corrected chi connectivity index (χ4v) is 4.38. The van der Waals surface area contributed by atoms with E-state index >= 15 is 0 Å². The summed E-state index contributed by atoms with van der Waals surface area (Å²) in [7, 11) is 1.58. The Bertz CT molecular complexity index is 1130. The van der Waals surface area contributed by atoms with Gasteiger partial charge in [-0.15, -0.1) is 0 Å². The van der Waals surface area contributed by atoms with E-state index in [1.165, 1.54) is 11.8 Å². The minimum absolute atomic E-state index is 0.0422. The van der Waals surface area contributed by atoms with Crippen LogP contribution in [0.15, 0.2) is 70.7 Å². The predicted molar refractivity (Wildman–Crippen MR) is 118 cm³/mol. The summed E-state index contributed by atoms with van der Waals surface area (Å²) in [6.45, 7) is 3.94. The Morgan fingerprint density at radius 2 is 1.97 bits per heavy atom. The van der Waals surface area contributed by atoms with Crippen LogP contribution in [0.5, 0.6) is 5.75 Å². The highest BCUT2D eigenvalue weighted by Gasteiger charge is 2.30. The smallest absolute Gasteiger partial charge is 0.261 e. The Morgan fingerprint density at radius 1 is 1.13 bits per heavy atom. The molecule has 3 aromatic rings. The number of amides is 2. The van der Waals surface area contributed by atoms with Crippen molar-refractivity contribution in [2.45, 2.75) is 29.8 Å². The van der Waals surface area contributed by atoms with Crippen molar-refractivity contribution < 1.29 is 14.3 Å². The van der Waals surface area contributed by atoms with E-state index in [1.807, 2.05) is 38.1 Å². The van der Waals surface area contributed by atoms with E-state index in [1.54, 1.807) is 48.5 Å². The Labute approximate surface area is 179 Å². The number of aromatic nitrogens is 1. The molecule has 7 heteroatoms. The van der Waals surface area contributed by atoms with Gasteiger partial charge in [-0.05, 0) is 56.3 Å². The average molecular weight is 420 g/mol. The zero-order chi connectivity index (χ0) is 21.3. The van der Waals surface area contributed by atoms with E-state index in [9.17, 15) is 9.59 Å². The second-order valence-electron chi connectivity index (χ2n) is 7.10. The first-order valence-corrected chi connectivity index (χ1v) is 10.4. The quantitative estimate of drug-likeness (QED) is 0.654. The topological polar surface area (TPSA) is 71.5 Å². The third-order valence-electron chi connectivity index (χ3n) is 4.75. The van der Waals surface area contributed by atoms with Gasteiger partial charge in [0.2, 0.25) is 0 Å². The lowest BCUT2D eigenvalue weighted by atomic mass is 10.1. The second kappa shape index (κ2) is 8.20. The van der Waals surface area contributed by atoms with Gasteiger partial charge in [-0.3, -0.25) is 9.59 Å². The number of hydrogen-bond acceptors (Lipinski definition) is 5. The number of carbonyl (C=O) groups is 2. The van der Waals surface area contributed by atoms with Gasteiger partial charge in [-0.2, -0.15) is 0 Å². The number of nitrogens with zero attached hydrogens (tertiary/aromatic N) is 2. The Kier molecular flexibility index (Phi) is 5.46. The maximum absolute atomic E-state index is 13.1. The number of carbonyl (C=O) groups excluding carboxylic acids is 2. The van der Waals surface area contributed by atoms with Crippen molar-refractivity contribution in [2.24, 2.45) is 0 Å². The van der Waals surface area contributed by atoms with E-state index < -0.39 is 0 Å². The van der Waals surface area contributed by atoms with E-state index in [4.69, 9.17) is 4.74 Å². The molecule has 4 rings (SSSR count). The Balaban J connectivity index is 1.71. The molecular weight excluding hydrogens is 398 g/mol. The minimum atomic E-state index is -0.237. The van der Waals surface area contributed by atoms with Gasteiger partial charge >= 0.3 is 0 Å². The third kappa shape index (κ3) is 3.76. The van der Waals surface area contributed by atoms with Gasteiger partial charge in [0.25, 0.3) is 11.8 Å². The van der Waals surface area contributed by atoms with Crippen molar-refractivity contribution >= 4 is 35.0 Å². The second-order valence-corrected chi connectivity index (χ2v) is 8.13. The van der Waals surface area contributed by atoms with Crippen LogP contribution in [0.4, 0.5) is 11.4 Å². The molecule has 0 radical (unpaired) electrons. The van der Waals surface area contributed by atoms with Gasteiger partial charge in [-0.25, -0.2) is 4.98 Å². The maximum Gasteiger partial charge on any atom is 0.261 e. The van der Waals surface area contributed by atoms with Crippen molar-refractivity contribution in [3.63, 3.8) is 0 Å². The van der Waals surface area contributed by atoms with Crippen LogP contribution >= 0.6 is 11.8 Å². The lowest BCUT2D eigenvalue weighted by molar-refractivity contribution is 0.0976. The molecule has 152 valence electrons. The molecule has 2 aromatic carbocycles. The Morgan fingerprint density at radius 3 is 2.73 bits per heavy atom. The molecule has 0 atom stereocenters. The molecule has 0 saturated heterocycles. The number of fused-ring (bicyclic) bond motifs is 2. The molecular formula is C23H21N3O3S. The zero-order valence-corrected chi connectivity index (χ0v) is 17.7. The number of methoxy groups -OCH3 is 1. The number of ether oxygens (including phenoxy) is 1. The highest BCUT2D eigenvalue weighted by Crippen LogP contribution is 2.41. The Hall–Kier alpha value is -3.32. The summed E-state index contributed by atoms with van der Waals surface area (Å²) in [5.74, 6) is 0.339.